The number of hydrogen-bond acceptors (Lipinski definition) is 4. The zero-order valence-corrected chi connectivity index (χ0v) is 19.5. The number of alkyl halides is 2. The van der Waals surface area contributed by atoms with Crippen LogP contribution in [-0.2, 0) is 11.3 Å². The molecule has 2 amide bonds. The number of ether oxygens (including phenoxy) is 1. The number of hydrogen-bond donors (Lipinski definition) is 0. The summed E-state index contributed by atoms with van der Waals surface area (Å²) in [6.07, 6.45) is 1.43. The molecule has 0 N–H and O–H groups in total. The number of nitrogens with zero attached hydrogens (tertiary/aromatic N) is 3. The predicted octanol–water partition coefficient (Wildman–Crippen LogP) is 3.79. The normalized spacial score (nSPS) is 19.4. The summed E-state index contributed by atoms with van der Waals surface area (Å²) in [4.78, 5) is 32.2. The molecular weight excluding hydrogens is 440 g/mol. The van der Waals surface area contributed by atoms with Gasteiger partial charge in [0, 0.05) is 45.8 Å². The topological polar surface area (TPSA) is 53.1 Å². The molecule has 1 unspecified atom stereocenters. The van der Waals surface area contributed by atoms with Crippen molar-refractivity contribution in [3.8, 4) is 5.75 Å². The minimum absolute atomic E-state index is 0.0742. The Kier molecular flexibility index (Phi) is 7.77. The van der Waals surface area contributed by atoms with Crippen molar-refractivity contribution in [2.75, 3.05) is 39.3 Å². The predicted molar refractivity (Wildman–Crippen MR) is 125 cm³/mol. The van der Waals surface area contributed by atoms with Crippen molar-refractivity contribution in [2.45, 2.75) is 32.9 Å². The fourth-order valence-electron chi connectivity index (χ4n) is 4.79. The fraction of sp³-hybridized carbons (Fsp3) is 0.462. The first-order valence-corrected chi connectivity index (χ1v) is 11.8. The van der Waals surface area contributed by atoms with Gasteiger partial charge < -0.3 is 14.5 Å². The van der Waals surface area contributed by atoms with Gasteiger partial charge in [0.2, 0.25) is 5.91 Å². The van der Waals surface area contributed by atoms with Crippen LogP contribution in [0.25, 0.3) is 0 Å². The average molecular weight is 472 g/mol. The van der Waals surface area contributed by atoms with E-state index in [0.29, 0.717) is 32.6 Å². The molecule has 0 aliphatic carbocycles. The Morgan fingerprint density at radius 1 is 0.971 bits per heavy atom. The van der Waals surface area contributed by atoms with Crippen LogP contribution >= 0.6 is 0 Å². The molecule has 0 spiro atoms. The Hall–Kier alpha value is -3.00. The molecule has 6 nitrogen and oxygen atoms in total. The summed E-state index contributed by atoms with van der Waals surface area (Å²) in [5, 5.41) is 0. The van der Waals surface area contributed by atoms with E-state index in [0.717, 1.165) is 26.1 Å². The molecule has 0 saturated carbocycles. The van der Waals surface area contributed by atoms with Crippen LogP contribution in [0.1, 0.15) is 34.3 Å². The van der Waals surface area contributed by atoms with Gasteiger partial charge in [0.1, 0.15) is 5.75 Å². The van der Waals surface area contributed by atoms with Crippen molar-refractivity contribution < 1.29 is 23.1 Å². The highest BCUT2D eigenvalue weighted by molar-refractivity contribution is 5.97. The summed E-state index contributed by atoms with van der Waals surface area (Å²) in [6.45, 7) is 3.74. The van der Waals surface area contributed by atoms with Gasteiger partial charge in [0.15, 0.2) is 0 Å². The number of halogens is 2. The maximum Gasteiger partial charge on any atom is 0.387 e. The van der Waals surface area contributed by atoms with Crippen LogP contribution in [0.3, 0.4) is 0 Å². The van der Waals surface area contributed by atoms with Crippen molar-refractivity contribution in [1.82, 2.24) is 14.7 Å². The van der Waals surface area contributed by atoms with Gasteiger partial charge in [-0.1, -0.05) is 36.4 Å². The fourth-order valence-corrected chi connectivity index (χ4v) is 4.79. The minimum atomic E-state index is -3.01. The standard InChI is InChI=1S/C26H31F2N3O3/c1-19-7-2-3-8-20(19)17-29-13-15-30(16-14-29)24(32)21-9-6-12-31(18-21)25(33)22-10-4-5-11-23(22)34-26(27)28/h2-5,7-8,10-11,21,26H,6,9,12-18H2,1H3. The van der Waals surface area contributed by atoms with Crippen molar-refractivity contribution in [3.05, 3.63) is 65.2 Å². The summed E-state index contributed by atoms with van der Waals surface area (Å²) in [6, 6.07) is 14.4. The Morgan fingerprint density at radius 3 is 2.41 bits per heavy atom. The lowest BCUT2D eigenvalue weighted by molar-refractivity contribution is -0.138. The van der Waals surface area contributed by atoms with E-state index in [1.54, 1.807) is 17.0 Å². The molecule has 34 heavy (non-hydrogen) atoms. The quantitative estimate of drug-likeness (QED) is 0.643. The summed E-state index contributed by atoms with van der Waals surface area (Å²) >= 11 is 0. The highest BCUT2D eigenvalue weighted by atomic mass is 19.3. The smallest absolute Gasteiger partial charge is 0.387 e. The second-order valence-electron chi connectivity index (χ2n) is 8.99. The SMILES string of the molecule is Cc1ccccc1CN1CCN(C(=O)C2CCCN(C(=O)c3ccccc3OC(F)F)C2)CC1. The lowest BCUT2D eigenvalue weighted by Gasteiger charge is -2.39. The van der Waals surface area contributed by atoms with Crippen LogP contribution in [0.15, 0.2) is 48.5 Å². The van der Waals surface area contributed by atoms with Gasteiger partial charge in [-0.15, -0.1) is 0 Å². The first-order chi connectivity index (χ1) is 16.4. The maximum atomic E-state index is 13.2. The molecule has 2 aromatic rings. The summed E-state index contributed by atoms with van der Waals surface area (Å²) in [7, 11) is 0. The van der Waals surface area contributed by atoms with Crippen molar-refractivity contribution in [3.63, 3.8) is 0 Å². The molecule has 0 aromatic heterocycles. The van der Waals surface area contributed by atoms with Gasteiger partial charge in [-0.2, -0.15) is 8.78 Å². The van der Waals surface area contributed by atoms with E-state index in [1.807, 2.05) is 11.0 Å². The average Bonchev–Trinajstić information content (AvgIpc) is 2.85. The van der Waals surface area contributed by atoms with Crippen LogP contribution in [-0.4, -0.2) is 72.4 Å². The van der Waals surface area contributed by atoms with Crippen LogP contribution < -0.4 is 4.74 Å². The van der Waals surface area contributed by atoms with E-state index in [1.165, 1.54) is 23.3 Å². The number of benzene rings is 2. The van der Waals surface area contributed by atoms with Gasteiger partial charge in [0.05, 0.1) is 11.5 Å². The van der Waals surface area contributed by atoms with E-state index >= 15 is 0 Å². The first kappa shape index (κ1) is 24.1. The lowest BCUT2D eigenvalue weighted by atomic mass is 9.95. The Labute approximate surface area is 199 Å². The first-order valence-electron chi connectivity index (χ1n) is 11.8. The number of carbonyl (C=O) groups excluding carboxylic acids is 2. The molecule has 2 aliphatic heterocycles. The van der Waals surface area contributed by atoms with Gasteiger partial charge in [-0.05, 0) is 43.0 Å². The zero-order valence-electron chi connectivity index (χ0n) is 19.5. The van der Waals surface area contributed by atoms with Gasteiger partial charge in [0.25, 0.3) is 5.91 Å². The monoisotopic (exact) mass is 471 g/mol. The van der Waals surface area contributed by atoms with Gasteiger partial charge in [-0.3, -0.25) is 14.5 Å². The summed E-state index contributed by atoms with van der Waals surface area (Å²) in [5.41, 5.74) is 2.68. The third kappa shape index (κ3) is 5.73. The molecule has 8 heteroatoms. The third-order valence-electron chi connectivity index (χ3n) is 6.73. The third-order valence-corrected chi connectivity index (χ3v) is 6.73. The van der Waals surface area contributed by atoms with E-state index in [-0.39, 0.29) is 29.0 Å². The number of para-hydroxylation sites is 1. The van der Waals surface area contributed by atoms with Gasteiger partial charge >= 0.3 is 6.61 Å². The van der Waals surface area contributed by atoms with E-state index in [9.17, 15) is 18.4 Å². The van der Waals surface area contributed by atoms with Crippen molar-refractivity contribution >= 4 is 11.8 Å². The largest absolute Gasteiger partial charge is 0.434 e. The number of piperidine rings is 1. The molecule has 2 saturated heterocycles. The molecule has 182 valence electrons. The molecule has 4 rings (SSSR count). The highest BCUT2D eigenvalue weighted by Gasteiger charge is 2.33. The van der Waals surface area contributed by atoms with Crippen LogP contribution in [0.2, 0.25) is 0 Å². The molecule has 2 fully saturated rings. The zero-order chi connectivity index (χ0) is 24.1. The second-order valence-corrected chi connectivity index (χ2v) is 8.99. The molecular formula is C26H31F2N3O3. The molecule has 2 aliphatic rings. The molecule has 0 bridgehead atoms. The van der Waals surface area contributed by atoms with Gasteiger partial charge in [-0.25, -0.2) is 0 Å². The van der Waals surface area contributed by atoms with Crippen LogP contribution in [0, 0.1) is 12.8 Å². The number of piperazine rings is 1. The van der Waals surface area contributed by atoms with Crippen molar-refractivity contribution in [2.24, 2.45) is 5.92 Å². The van der Waals surface area contributed by atoms with Crippen LogP contribution in [0.4, 0.5) is 8.78 Å². The van der Waals surface area contributed by atoms with Crippen molar-refractivity contribution in [1.29, 1.82) is 0 Å². The summed E-state index contributed by atoms with van der Waals surface area (Å²) < 4.78 is 30.0. The summed E-state index contributed by atoms with van der Waals surface area (Å²) in [5.74, 6) is -0.716. The minimum Gasteiger partial charge on any atom is -0.434 e. The van der Waals surface area contributed by atoms with E-state index in [4.69, 9.17) is 0 Å². The number of carbonyl (C=O) groups is 2. The van der Waals surface area contributed by atoms with E-state index < -0.39 is 6.61 Å². The molecule has 2 heterocycles. The Morgan fingerprint density at radius 2 is 1.68 bits per heavy atom. The number of rotatable bonds is 6. The Balaban J connectivity index is 1.33. The molecule has 1 atom stereocenters. The number of aryl methyl sites for hydroxylation is 1. The van der Waals surface area contributed by atoms with E-state index in [2.05, 4.69) is 34.8 Å². The molecule has 2 aromatic carbocycles. The number of likely N-dealkylation sites (tertiary alicyclic amines) is 1. The molecule has 0 radical (unpaired) electrons. The highest BCUT2D eigenvalue weighted by Crippen LogP contribution is 2.26. The second kappa shape index (κ2) is 11.0. The maximum absolute atomic E-state index is 13.2. The number of amides is 2. The lowest BCUT2D eigenvalue weighted by Crippen LogP contribution is -2.52. The Bertz CT molecular complexity index is 1010. The van der Waals surface area contributed by atoms with Crippen LogP contribution in [0.5, 0.6) is 5.75 Å².